The number of nitro groups is 1. The Morgan fingerprint density at radius 3 is 2.48 bits per heavy atom. The standard InChI is InChI=1S/C19H25N3O3/c1-15-5-3-6-16(11-15)13-21(10-4-9-20)14-17-7-8-19(25-2)18(12-17)22(23)24/h3,5-8,11-12H,4,9-10,13-14,20H2,1-2H3. The summed E-state index contributed by atoms with van der Waals surface area (Å²) in [6, 6.07) is 13.5. The Labute approximate surface area is 148 Å². The van der Waals surface area contributed by atoms with Crippen LogP contribution in [0.4, 0.5) is 5.69 Å². The molecular weight excluding hydrogens is 318 g/mol. The van der Waals surface area contributed by atoms with E-state index < -0.39 is 4.92 Å². The van der Waals surface area contributed by atoms with Gasteiger partial charge in [0.1, 0.15) is 0 Å². The highest BCUT2D eigenvalue weighted by molar-refractivity contribution is 5.48. The molecule has 0 heterocycles. The molecule has 0 radical (unpaired) electrons. The molecule has 2 N–H and O–H groups in total. The van der Waals surface area contributed by atoms with Gasteiger partial charge in [-0.25, -0.2) is 0 Å². The monoisotopic (exact) mass is 343 g/mol. The molecule has 0 bridgehead atoms. The number of ether oxygens (including phenoxy) is 1. The summed E-state index contributed by atoms with van der Waals surface area (Å²) in [4.78, 5) is 13.1. The number of nitrogens with zero attached hydrogens (tertiary/aromatic N) is 2. The van der Waals surface area contributed by atoms with E-state index in [0.717, 1.165) is 25.1 Å². The van der Waals surface area contributed by atoms with E-state index in [0.29, 0.717) is 13.1 Å². The van der Waals surface area contributed by atoms with E-state index in [2.05, 4.69) is 30.0 Å². The van der Waals surface area contributed by atoms with Crippen molar-refractivity contribution in [3.8, 4) is 5.75 Å². The number of hydrogen-bond donors (Lipinski definition) is 1. The molecule has 0 unspecified atom stereocenters. The number of aryl methyl sites for hydroxylation is 1. The third-order valence-corrected chi connectivity index (χ3v) is 4.01. The van der Waals surface area contributed by atoms with Crippen LogP contribution in [0.25, 0.3) is 0 Å². The molecule has 134 valence electrons. The highest BCUT2D eigenvalue weighted by Gasteiger charge is 2.16. The number of nitrogens with two attached hydrogens (primary N) is 1. The van der Waals surface area contributed by atoms with Crippen molar-refractivity contribution in [1.29, 1.82) is 0 Å². The minimum absolute atomic E-state index is 0.00525. The maximum absolute atomic E-state index is 11.2. The Bertz CT molecular complexity index is 719. The number of hydrogen-bond acceptors (Lipinski definition) is 5. The summed E-state index contributed by atoms with van der Waals surface area (Å²) in [6.07, 6.45) is 0.879. The van der Waals surface area contributed by atoms with Crippen LogP contribution in [0, 0.1) is 17.0 Å². The Morgan fingerprint density at radius 2 is 1.88 bits per heavy atom. The first kappa shape index (κ1) is 18.9. The molecule has 6 nitrogen and oxygen atoms in total. The summed E-state index contributed by atoms with van der Waals surface area (Å²) in [5.41, 5.74) is 8.98. The normalized spacial score (nSPS) is 10.9. The molecule has 0 aromatic heterocycles. The van der Waals surface area contributed by atoms with E-state index in [4.69, 9.17) is 10.5 Å². The van der Waals surface area contributed by atoms with Gasteiger partial charge in [0.15, 0.2) is 5.75 Å². The molecule has 25 heavy (non-hydrogen) atoms. The lowest BCUT2D eigenvalue weighted by Crippen LogP contribution is -2.25. The predicted octanol–water partition coefficient (Wildman–Crippen LogP) is 3.26. The molecular formula is C19H25N3O3. The Balaban J connectivity index is 2.18. The van der Waals surface area contributed by atoms with Crippen molar-refractivity contribution in [3.63, 3.8) is 0 Å². The molecule has 0 aliphatic heterocycles. The third-order valence-electron chi connectivity index (χ3n) is 4.01. The lowest BCUT2D eigenvalue weighted by Gasteiger charge is -2.22. The van der Waals surface area contributed by atoms with Crippen LogP contribution in [0.2, 0.25) is 0 Å². The largest absolute Gasteiger partial charge is 0.490 e. The van der Waals surface area contributed by atoms with Crippen LogP contribution in [0.3, 0.4) is 0 Å². The molecule has 0 atom stereocenters. The molecule has 0 aliphatic carbocycles. The van der Waals surface area contributed by atoms with Gasteiger partial charge in [-0.3, -0.25) is 15.0 Å². The van der Waals surface area contributed by atoms with Crippen molar-refractivity contribution in [2.45, 2.75) is 26.4 Å². The van der Waals surface area contributed by atoms with E-state index in [1.54, 1.807) is 12.1 Å². The molecule has 0 saturated carbocycles. The van der Waals surface area contributed by atoms with Gasteiger partial charge in [-0.2, -0.15) is 0 Å². The summed E-state index contributed by atoms with van der Waals surface area (Å²) in [7, 11) is 1.44. The van der Waals surface area contributed by atoms with Crippen molar-refractivity contribution in [3.05, 3.63) is 69.3 Å². The van der Waals surface area contributed by atoms with Crippen LogP contribution >= 0.6 is 0 Å². The summed E-state index contributed by atoms with van der Waals surface area (Å²) >= 11 is 0. The molecule has 0 saturated heterocycles. The van der Waals surface area contributed by atoms with Crippen molar-refractivity contribution < 1.29 is 9.66 Å². The quantitative estimate of drug-likeness (QED) is 0.558. The third kappa shape index (κ3) is 5.55. The minimum atomic E-state index is -0.410. The van der Waals surface area contributed by atoms with E-state index >= 15 is 0 Å². The molecule has 2 aromatic rings. The number of benzene rings is 2. The highest BCUT2D eigenvalue weighted by atomic mass is 16.6. The first-order chi connectivity index (χ1) is 12.0. The molecule has 0 amide bonds. The summed E-state index contributed by atoms with van der Waals surface area (Å²) < 4.78 is 5.07. The van der Waals surface area contributed by atoms with Gasteiger partial charge < -0.3 is 10.5 Å². The van der Waals surface area contributed by atoms with Crippen LogP contribution in [0.1, 0.15) is 23.1 Å². The van der Waals surface area contributed by atoms with E-state index in [1.807, 2.05) is 12.1 Å². The fourth-order valence-electron chi connectivity index (χ4n) is 2.83. The molecule has 0 spiro atoms. The lowest BCUT2D eigenvalue weighted by atomic mass is 10.1. The van der Waals surface area contributed by atoms with Gasteiger partial charge in [0, 0.05) is 25.7 Å². The van der Waals surface area contributed by atoms with Crippen LogP contribution in [-0.4, -0.2) is 30.0 Å². The van der Waals surface area contributed by atoms with Gasteiger partial charge in [-0.05, 0) is 37.1 Å². The highest BCUT2D eigenvalue weighted by Crippen LogP contribution is 2.28. The van der Waals surface area contributed by atoms with Crippen LogP contribution in [-0.2, 0) is 13.1 Å². The Hall–Kier alpha value is -2.44. The zero-order valence-electron chi connectivity index (χ0n) is 14.8. The van der Waals surface area contributed by atoms with E-state index in [9.17, 15) is 10.1 Å². The Kier molecular flexibility index (Phi) is 6.91. The number of methoxy groups -OCH3 is 1. The van der Waals surface area contributed by atoms with Crippen LogP contribution in [0.15, 0.2) is 42.5 Å². The van der Waals surface area contributed by atoms with E-state index in [1.165, 1.54) is 18.2 Å². The first-order valence-corrected chi connectivity index (χ1v) is 8.32. The molecule has 0 aliphatic rings. The van der Waals surface area contributed by atoms with Crippen molar-refractivity contribution in [1.82, 2.24) is 4.90 Å². The molecule has 2 rings (SSSR count). The lowest BCUT2D eigenvalue weighted by molar-refractivity contribution is -0.385. The van der Waals surface area contributed by atoms with Crippen LogP contribution in [0.5, 0.6) is 5.75 Å². The second-order valence-corrected chi connectivity index (χ2v) is 6.11. The van der Waals surface area contributed by atoms with Gasteiger partial charge in [0.05, 0.1) is 12.0 Å². The zero-order valence-corrected chi connectivity index (χ0v) is 14.8. The van der Waals surface area contributed by atoms with Gasteiger partial charge in [0.2, 0.25) is 0 Å². The first-order valence-electron chi connectivity index (χ1n) is 8.32. The van der Waals surface area contributed by atoms with Crippen molar-refractivity contribution >= 4 is 5.69 Å². The molecule has 2 aromatic carbocycles. The average molecular weight is 343 g/mol. The smallest absolute Gasteiger partial charge is 0.311 e. The molecule has 0 fully saturated rings. The summed E-state index contributed by atoms with van der Waals surface area (Å²) in [5, 5.41) is 11.2. The van der Waals surface area contributed by atoms with Gasteiger partial charge in [-0.1, -0.05) is 35.9 Å². The number of nitro benzene ring substituents is 1. The minimum Gasteiger partial charge on any atom is -0.490 e. The van der Waals surface area contributed by atoms with Crippen LogP contribution < -0.4 is 10.5 Å². The second-order valence-electron chi connectivity index (χ2n) is 6.11. The van der Waals surface area contributed by atoms with Gasteiger partial charge >= 0.3 is 5.69 Å². The number of rotatable bonds is 9. The second kappa shape index (κ2) is 9.15. The van der Waals surface area contributed by atoms with E-state index in [-0.39, 0.29) is 11.4 Å². The summed E-state index contributed by atoms with van der Waals surface area (Å²) in [5.74, 6) is 0.279. The SMILES string of the molecule is COc1ccc(CN(CCCN)Cc2cccc(C)c2)cc1[N+](=O)[O-]. The maximum Gasteiger partial charge on any atom is 0.311 e. The average Bonchev–Trinajstić information content (AvgIpc) is 2.59. The van der Waals surface area contributed by atoms with Gasteiger partial charge in [0.25, 0.3) is 0 Å². The predicted molar refractivity (Wildman–Crippen MR) is 98.6 cm³/mol. The van der Waals surface area contributed by atoms with Crippen molar-refractivity contribution in [2.24, 2.45) is 5.73 Å². The fraction of sp³-hybridized carbons (Fsp3) is 0.368. The summed E-state index contributed by atoms with van der Waals surface area (Å²) in [6.45, 7) is 4.93. The molecule has 6 heteroatoms. The fourth-order valence-corrected chi connectivity index (χ4v) is 2.83. The van der Waals surface area contributed by atoms with Gasteiger partial charge in [-0.15, -0.1) is 0 Å². The Morgan fingerprint density at radius 1 is 1.16 bits per heavy atom. The van der Waals surface area contributed by atoms with Crippen molar-refractivity contribution in [2.75, 3.05) is 20.2 Å². The maximum atomic E-state index is 11.2. The zero-order chi connectivity index (χ0) is 18.2. The topological polar surface area (TPSA) is 81.6 Å².